The Morgan fingerprint density at radius 3 is 1.54 bits per heavy atom. The summed E-state index contributed by atoms with van der Waals surface area (Å²) in [5.74, 6) is 1.29. The number of methoxy groups -OCH3 is 3. The highest BCUT2D eigenvalue weighted by molar-refractivity contribution is 8.13. The van der Waals surface area contributed by atoms with Crippen LogP contribution in [0.2, 0.25) is 0 Å². The SMILES string of the molecule is COc1cc(OC)c(CSC(=O)[C@H](C)NC(=O)[C@H](CCc2ccc(OC(C)(C)C)cc2)NC(=O)[C@H](CSC(c2ccccc2)(c2ccccc2)c2ccccc2)NC(=O)OC(C)(C)C)c(OC)c1. The molecule has 12 nitrogen and oxygen atoms in total. The van der Waals surface area contributed by atoms with Crippen LogP contribution in [0.4, 0.5) is 4.79 Å². The second kappa shape index (κ2) is 24.2. The van der Waals surface area contributed by atoms with Crippen molar-refractivity contribution in [2.45, 2.75) is 101 Å². The molecule has 5 aromatic carbocycles. The monoisotopic (exact) mass is 963 g/mol. The summed E-state index contributed by atoms with van der Waals surface area (Å²) in [7, 11) is 4.58. The van der Waals surface area contributed by atoms with E-state index in [1.54, 1.807) is 39.8 Å². The first kappa shape index (κ1) is 52.8. The van der Waals surface area contributed by atoms with Crippen LogP contribution >= 0.6 is 23.5 Å². The predicted octanol–water partition coefficient (Wildman–Crippen LogP) is 9.89. The summed E-state index contributed by atoms with van der Waals surface area (Å²) in [5, 5.41) is 8.34. The normalized spacial score (nSPS) is 13.0. The van der Waals surface area contributed by atoms with Crippen LogP contribution < -0.4 is 34.9 Å². The number of hydrogen-bond donors (Lipinski definition) is 3. The molecule has 0 unspecified atom stereocenters. The number of amides is 3. The number of thioether (sulfide) groups is 2. The average Bonchev–Trinajstić information content (AvgIpc) is 3.31. The molecular weight excluding hydrogens is 899 g/mol. The Hall–Kier alpha value is -6.12. The maximum Gasteiger partial charge on any atom is 0.408 e. The van der Waals surface area contributed by atoms with Gasteiger partial charge < -0.3 is 39.6 Å². The van der Waals surface area contributed by atoms with Crippen LogP contribution in [0.25, 0.3) is 0 Å². The van der Waals surface area contributed by atoms with Gasteiger partial charge in [-0.15, -0.1) is 11.8 Å². The lowest BCUT2D eigenvalue weighted by molar-refractivity contribution is -0.131. The van der Waals surface area contributed by atoms with Gasteiger partial charge in [0.1, 0.15) is 46.3 Å². The largest absolute Gasteiger partial charge is 0.496 e. The summed E-state index contributed by atoms with van der Waals surface area (Å²) in [6, 6.07) is 37.8. The Balaban J connectivity index is 1.45. The van der Waals surface area contributed by atoms with Crippen LogP contribution in [0.5, 0.6) is 23.0 Å². The molecule has 5 rings (SSSR count). The van der Waals surface area contributed by atoms with E-state index in [-0.39, 0.29) is 28.6 Å². The molecule has 14 heteroatoms. The highest BCUT2D eigenvalue weighted by Gasteiger charge is 2.39. The van der Waals surface area contributed by atoms with E-state index in [0.29, 0.717) is 35.0 Å². The number of nitrogens with one attached hydrogen (secondary N) is 3. The Morgan fingerprint density at radius 1 is 0.588 bits per heavy atom. The summed E-state index contributed by atoms with van der Waals surface area (Å²) < 4.78 is 27.4. The smallest absolute Gasteiger partial charge is 0.408 e. The lowest BCUT2D eigenvalue weighted by Crippen LogP contribution is -2.56. The first-order valence-electron chi connectivity index (χ1n) is 22.5. The predicted molar refractivity (Wildman–Crippen MR) is 272 cm³/mol. The summed E-state index contributed by atoms with van der Waals surface area (Å²) in [5.41, 5.74) is 3.20. The van der Waals surface area contributed by atoms with Gasteiger partial charge in [-0.2, -0.15) is 0 Å². The summed E-state index contributed by atoms with van der Waals surface area (Å²) in [4.78, 5) is 56.5. The standard InChI is InChI=1S/C54H65N3O9S2/c1-36(50(60)67-34-43-46(63-9)32-42(62-8)33-47(43)64-10)55-48(58)44(31-28-37-26-29-41(30-27-37)65-52(2,3)4)56-49(59)45(57-51(61)66-53(5,6)7)35-68-54(38-20-14-11-15-21-38,39-22-16-12-17-23-39)40-24-18-13-19-25-40/h11-27,29-30,32-33,36,44-45H,28,31,34-35H2,1-10H3,(H,55,58)(H,56,59)(H,57,61)/t36-,44-,45-/m0/s1. The lowest BCUT2D eigenvalue weighted by Gasteiger charge is -2.36. The average molecular weight is 964 g/mol. The molecule has 3 amide bonds. The molecular formula is C54H65N3O9S2. The third kappa shape index (κ3) is 14.9. The number of carbonyl (C=O) groups excluding carboxylic acids is 4. The molecule has 0 spiro atoms. The molecule has 0 aliphatic rings. The van der Waals surface area contributed by atoms with Gasteiger partial charge in [-0.25, -0.2) is 4.79 Å². The van der Waals surface area contributed by atoms with E-state index in [4.69, 9.17) is 23.7 Å². The van der Waals surface area contributed by atoms with Crippen molar-refractivity contribution in [1.29, 1.82) is 0 Å². The molecule has 0 bridgehead atoms. The third-order valence-electron chi connectivity index (χ3n) is 10.6. The number of ether oxygens (including phenoxy) is 5. The van der Waals surface area contributed by atoms with E-state index >= 15 is 0 Å². The summed E-state index contributed by atoms with van der Waals surface area (Å²) in [6.07, 6.45) is -0.233. The van der Waals surface area contributed by atoms with E-state index in [9.17, 15) is 19.2 Å². The number of carbonyl (C=O) groups is 4. The quantitative estimate of drug-likeness (QED) is 0.0603. The molecule has 0 radical (unpaired) electrons. The molecule has 3 atom stereocenters. The third-order valence-corrected chi connectivity index (χ3v) is 13.3. The lowest BCUT2D eigenvalue weighted by atomic mass is 9.84. The minimum Gasteiger partial charge on any atom is -0.496 e. The molecule has 0 heterocycles. The molecule has 3 N–H and O–H groups in total. The number of alkyl carbamates (subject to hydrolysis) is 1. The molecule has 362 valence electrons. The van der Waals surface area contributed by atoms with Gasteiger partial charge in [-0.3, -0.25) is 14.4 Å². The van der Waals surface area contributed by atoms with E-state index in [1.807, 2.05) is 99.6 Å². The van der Waals surface area contributed by atoms with Crippen molar-refractivity contribution in [2.24, 2.45) is 0 Å². The van der Waals surface area contributed by atoms with E-state index < -0.39 is 46.4 Å². The molecule has 5 aromatic rings. The van der Waals surface area contributed by atoms with E-state index in [2.05, 4.69) is 52.3 Å². The number of hydrogen-bond acceptors (Lipinski definition) is 11. The Bertz CT molecular complexity index is 2300. The van der Waals surface area contributed by atoms with Crippen molar-refractivity contribution in [3.63, 3.8) is 0 Å². The zero-order valence-electron chi connectivity index (χ0n) is 40.7. The molecule has 0 aliphatic heterocycles. The second-order valence-electron chi connectivity index (χ2n) is 18.1. The zero-order valence-corrected chi connectivity index (χ0v) is 42.3. The summed E-state index contributed by atoms with van der Waals surface area (Å²) in [6.45, 7) is 12.7. The zero-order chi connectivity index (χ0) is 49.5. The number of benzene rings is 5. The first-order valence-corrected chi connectivity index (χ1v) is 24.5. The molecule has 0 saturated carbocycles. The van der Waals surface area contributed by atoms with Crippen molar-refractivity contribution in [2.75, 3.05) is 27.1 Å². The van der Waals surface area contributed by atoms with Crippen LogP contribution in [0.1, 0.15) is 82.7 Å². The molecule has 68 heavy (non-hydrogen) atoms. The van der Waals surface area contributed by atoms with Crippen LogP contribution in [0, 0.1) is 0 Å². The van der Waals surface area contributed by atoms with Gasteiger partial charge in [0, 0.05) is 29.2 Å². The topological polar surface area (TPSA) is 151 Å². The van der Waals surface area contributed by atoms with E-state index in [1.165, 1.54) is 33.1 Å². The van der Waals surface area contributed by atoms with Gasteiger partial charge >= 0.3 is 6.09 Å². The molecule has 0 saturated heterocycles. The van der Waals surface area contributed by atoms with Gasteiger partial charge in [0.2, 0.25) is 16.9 Å². The fourth-order valence-corrected chi connectivity index (χ4v) is 9.84. The van der Waals surface area contributed by atoms with Crippen molar-refractivity contribution < 1.29 is 42.9 Å². The van der Waals surface area contributed by atoms with Crippen LogP contribution in [-0.2, 0) is 36.0 Å². The van der Waals surface area contributed by atoms with Gasteiger partial charge in [0.05, 0.1) is 32.1 Å². The van der Waals surface area contributed by atoms with Gasteiger partial charge in [0.15, 0.2) is 0 Å². The maximum atomic E-state index is 14.8. The van der Waals surface area contributed by atoms with Gasteiger partial charge in [-0.1, -0.05) is 115 Å². The highest BCUT2D eigenvalue weighted by atomic mass is 32.2. The highest BCUT2D eigenvalue weighted by Crippen LogP contribution is 2.48. The van der Waals surface area contributed by atoms with Crippen LogP contribution in [0.15, 0.2) is 127 Å². The van der Waals surface area contributed by atoms with Crippen LogP contribution in [-0.4, -0.2) is 79.4 Å². The van der Waals surface area contributed by atoms with Crippen molar-refractivity contribution >= 4 is 46.5 Å². The van der Waals surface area contributed by atoms with E-state index in [0.717, 1.165) is 34.0 Å². The minimum atomic E-state index is -1.18. The Morgan fingerprint density at radius 2 is 1.09 bits per heavy atom. The van der Waals surface area contributed by atoms with Crippen LogP contribution in [0.3, 0.4) is 0 Å². The molecule has 0 aromatic heterocycles. The number of aryl methyl sites for hydroxylation is 1. The van der Waals surface area contributed by atoms with Crippen molar-refractivity contribution in [3.05, 3.63) is 155 Å². The van der Waals surface area contributed by atoms with Crippen molar-refractivity contribution in [1.82, 2.24) is 16.0 Å². The van der Waals surface area contributed by atoms with Gasteiger partial charge in [-0.05, 0) is 95.7 Å². The maximum absolute atomic E-state index is 14.8. The number of rotatable bonds is 21. The van der Waals surface area contributed by atoms with Gasteiger partial charge in [0.25, 0.3) is 0 Å². The Kier molecular flexibility index (Phi) is 18.8. The fourth-order valence-electron chi connectivity index (χ4n) is 7.40. The van der Waals surface area contributed by atoms with Crippen molar-refractivity contribution in [3.8, 4) is 23.0 Å². The first-order chi connectivity index (χ1) is 32.3. The Labute approximate surface area is 410 Å². The second-order valence-corrected chi connectivity index (χ2v) is 20.3. The summed E-state index contributed by atoms with van der Waals surface area (Å²) >= 11 is 2.48. The minimum absolute atomic E-state index is 0.0666. The molecule has 0 aliphatic carbocycles. The molecule has 0 fully saturated rings. The fraction of sp³-hybridized carbons (Fsp3) is 0.370.